The SMILES string of the molecule is CCCCCCc1nn(CCCCCCc2cccc(OC(C)(CCC)C(=O)O)c2)c(=O)n(Cc2ccccc2)c1=O. The first-order valence-corrected chi connectivity index (χ1v) is 15.5. The summed E-state index contributed by atoms with van der Waals surface area (Å²) in [5.74, 6) is -0.380. The summed E-state index contributed by atoms with van der Waals surface area (Å²) < 4.78 is 8.71. The number of hydrogen-bond acceptors (Lipinski definition) is 5. The summed E-state index contributed by atoms with van der Waals surface area (Å²) in [6.07, 6.45) is 10.4. The Bertz CT molecular complexity index is 1380. The minimum atomic E-state index is -1.24. The molecule has 2 aromatic carbocycles. The smallest absolute Gasteiger partial charge is 0.347 e. The molecule has 8 heteroatoms. The zero-order valence-corrected chi connectivity index (χ0v) is 25.5. The molecule has 0 aliphatic carbocycles. The number of unbranched alkanes of at least 4 members (excludes halogenated alkanes) is 6. The summed E-state index contributed by atoms with van der Waals surface area (Å²) >= 11 is 0. The second-order valence-electron chi connectivity index (χ2n) is 11.3. The third-order valence-electron chi connectivity index (χ3n) is 7.64. The average Bonchev–Trinajstić information content (AvgIpc) is 2.97. The van der Waals surface area contributed by atoms with Crippen LogP contribution in [-0.4, -0.2) is 31.0 Å². The third-order valence-corrected chi connectivity index (χ3v) is 7.64. The predicted octanol–water partition coefficient (Wildman–Crippen LogP) is 6.40. The van der Waals surface area contributed by atoms with Crippen molar-refractivity contribution in [1.29, 1.82) is 0 Å². The van der Waals surface area contributed by atoms with E-state index in [0.717, 1.165) is 75.3 Å². The molecule has 1 unspecified atom stereocenters. The molecule has 3 aromatic rings. The molecule has 1 N–H and O–H groups in total. The highest BCUT2D eigenvalue weighted by molar-refractivity contribution is 5.77. The number of aliphatic carboxylic acids is 1. The van der Waals surface area contributed by atoms with E-state index in [1.165, 1.54) is 9.25 Å². The van der Waals surface area contributed by atoms with E-state index in [-0.39, 0.29) is 17.8 Å². The number of aryl methyl sites for hydroxylation is 3. The Balaban J connectivity index is 1.58. The highest BCUT2D eigenvalue weighted by Crippen LogP contribution is 2.24. The standard InChI is InChI=1S/C34H47N3O5/c1-4-6-7-14-22-30-31(38)36(26-28-18-12-10-13-19-28)33(41)37(35-30)24-15-9-8-11-17-27-20-16-21-29(25-27)42-34(3,23-5-2)32(39)40/h10,12-13,16,18-21,25H,4-9,11,14-15,17,22-24,26H2,1-3H3,(H,39,40). The molecule has 42 heavy (non-hydrogen) atoms. The van der Waals surface area contributed by atoms with Crippen LogP contribution in [0.5, 0.6) is 5.75 Å². The molecule has 228 valence electrons. The van der Waals surface area contributed by atoms with Crippen molar-refractivity contribution < 1.29 is 14.6 Å². The second-order valence-corrected chi connectivity index (χ2v) is 11.3. The maximum absolute atomic E-state index is 13.3. The molecule has 1 heterocycles. The Morgan fingerprint density at radius 1 is 0.857 bits per heavy atom. The lowest BCUT2D eigenvalue weighted by Gasteiger charge is -2.26. The van der Waals surface area contributed by atoms with Gasteiger partial charge in [0, 0.05) is 6.54 Å². The molecule has 1 aromatic heterocycles. The van der Waals surface area contributed by atoms with Crippen molar-refractivity contribution >= 4 is 5.97 Å². The van der Waals surface area contributed by atoms with Crippen molar-refractivity contribution in [2.75, 3.05) is 0 Å². The first kappa shape index (κ1) is 32.8. The lowest BCUT2D eigenvalue weighted by molar-refractivity contribution is -0.154. The first-order valence-electron chi connectivity index (χ1n) is 15.5. The van der Waals surface area contributed by atoms with Gasteiger partial charge in [-0.15, -0.1) is 0 Å². The van der Waals surface area contributed by atoms with Gasteiger partial charge in [0.2, 0.25) is 5.60 Å². The molecule has 0 amide bonds. The molecule has 0 aliphatic rings. The number of benzene rings is 2. The van der Waals surface area contributed by atoms with Gasteiger partial charge < -0.3 is 9.84 Å². The first-order chi connectivity index (χ1) is 20.3. The maximum atomic E-state index is 13.3. The fourth-order valence-corrected chi connectivity index (χ4v) is 5.19. The molecule has 0 saturated heterocycles. The van der Waals surface area contributed by atoms with Gasteiger partial charge in [-0.05, 0) is 68.7 Å². The number of carboxylic acid groups (broad SMARTS) is 1. The molecule has 0 aliphatic heterocycles. The van der Waals surface area contributed by atoms with Gasteiger partial charge in [-0.1, -0.05) is 94.8 Å². The van der Waals surface area contributed by atoms with E-state index in [0.29, 0.717) is 30.8 Å². The summed E-state index contributed by atoms with van der Waals surface area (Å²) in [5.41, 5.74) is 0.629. The number of ether oxygens (including phenoxy) is 1. The number of carboxylic acids is 1. The molecule has 1 atom stereocenters. The molecular formula is C34H47N3O5. The highest BCUT2D eigenvalue weighted by atomic mass is 16.5. The Labute approximate surface area is 249 Å². The molecule has 0 fully saturated rings. The van der Waals surface area contributed by atoms with Gasteiger partial charge in [-0.3, -0.25) is 9.36 Å². The van der Waals surface area contributed by atoms with Crippen LogP contribution in [0.3, 0.4) is 0 Å². The zero-order chi connectivity index (χ0) is 30.4. The average molecular weight is 578 g/mol. The monoisotopic (exact) mass is 577 g/mol. The van der Waals surface area contributed by atoms with Crippen molar-refractivity contribution in [2.45, 2.75) is 117 Å². The number of rotatable bonds is 19. The van der Waals surface area contributed by atoms with Gasteiger partial charge in [0.25, 0.3) is 5.56 Å². The van der Waals surface area contributed by atoms with E-state index in [4.69, 9.17) is 4.74 Å². The predicted molar refractivity (Wildman–Crippen MR) is 166 cm³/mol. The minimum absolute atomic E-state index is 0.246. The number of carbonyl (C=O) groups is 1. The second kappa shape index (κ2) is 16.7. The van der Waals surface area contributed by atoms with Gasteiger partial charge in [0.1, 0.15) is 11.4 Å². The van der Waals surface area contributed by atoms with Crippen LogP contribution in [0.15, 0.2) is 64.2 Å². The van der Waals surface area contributed by atoms with Crippen LogP contribution < -0.4 is 16.0 Å². The van der Waals surface area contributed by atoms with E-state index in [1.807, 2.05) is 55.5 Å². The van der Waals surface area contributed by atoms with Crippen molar-refractivity contribution in [2.24, 2.45) is 0 Å². The normalized spacial score (nSPS) is 12.6. The van der Waals surface area contributed by atoms with Crippen LogP contribution in [0.25, 0.3) is 0 Å². The van der Waals surface area contributed by atoms with E-state index < -0.39 is 11.6 Å². The Morgan fingerprint density at radius 2 is 1.55 bits per heavy atom. The van der Waals surface area contributed by atoms with Crippen molar-refractivity contribution in [3.63, 3.8) is 0 Å². The maximum Gasteiger partial charge on any atom is 0.347 e. The van der Waals surface area contributed by atoms with Crippen LogP contribution >= 0.6 is 0 Å². The van der Waals surface area contributed by atoms with Gasteiger partial charge in [0.15, 0.2) is 0 Å². The van der Waals surface area contributed by atoms with E-state index in [2.05, 4.69) is 12.0 Å². The van der Waals surface area contributed by atoms with Crippen molar-refractivity contribution in [3.8, 4) is 5.75 Å². The third kappa shape index (κ3) is 9.71. The van der Waals surface area contributed by atoms with Gasteiger partial charge in [-0.25, -0.2) is 14.3 Å². The van der Waals surface area contributed by atoms with Gasteiger partial charge in [-0.2, -0.15) is 5.10 Å². The summed E-state index contributed by atoms with van der Waals surface area (Å²) in [6.45, 7) is 6.44. The van der Waals surface area contributed by atoms with Crippen LogP contribution in [0.1, 0.15) is 102 Å². The summed E-state index contributed by atoms with van der Waals surface area (Å²) in [6, 6.07) is 17.3. The Morgan fingerprint density at radius 3 is 2.26 bits per heavy atom. The fraction of sp³-hybridized carbons (Fsp3) is 0.529. The summed E-state index contributed by atoms with van der Waals surface area (Å²) in [4.78, 5) is 38.2. The van der Waals surface area contributed by atoms with E-state index in [9.17, 15) is 19.5 Å². The van der Waals surface area contributed by atoms with Gasteiger partial charge >= 0.3 is 11.7 Å². The highest BCUT2D eigenvalue weighted by Gasteiger charge is 2.34. The fourth-order valence-electron chi connectivity index (χ4n) is 5.19. The molecular weight excluding hydrogens is 530 g/mol. The quantitative estimate of drug-likeness (QED) is 0.165. The molecule has 0 radical (unpaired) electrons. The zero-order valence-electron chi connectivity index (χ0n) is 25.5. The van der Waals surface area contributed by atoms with E-state index in [1.54, 1.807) is 13.0 Å². The van der Waals surface area contributed by atoms with Crippen LogP contribution in [0.2, 0.25) is 0 Å². The molecule has 0 bridgehead atoms. The number of nitrogens with zero attached hydrogens (tertiary/aromatic N) is 3. The van der Waals surface area contributed by atoms with E-state index >= 15 is 0 Å². The number of aromatic nitrogens is 3. The van der Waals surface area contributed by atoms with Gasteiger partial charge in [0.05, 0.1) is 6.54 Å². The summed E-state index contributed by atoms with van der Waals surface area (Å²) in [5, 5.41) is 14.1. The van der Waals surface area contributed by atoms with Crippen LogP contribution in [0, 0.1) is 0 Å². The molecule has 0 saturated carbocycles. The van der Waals surface area contributed by atoms with Crippen LogP contribution in [-0.2, 0) is 30.7 Å². The Kier molecular flexibility index (Phi) is 13.0. The van der Waals surface area contributed by atoms with Crippen molar-refractivity contribution in [3.05, 3.63) is 92.3 Å². The van der Waals surface area contributed by atoms with Crippen LogP contribution in [0.4, 0.5) is 0 Å². The largest absolute Gasteiger partial charge is 0.478 e. The minimum Gasteiger partial charge on any atom is -0.478 e. The molecule has 3 rings (SSSR count). The lowest BCUT2D eigenvalue weighted by atomic mass is 10.0. The lowest BCUT2D eigenvalue weighted by Crippen LogP contribution is -2.43. The molecule has 0 spiro atoms. The van der Waals surface area contributed by atoms with Crippen molar-refractivity contribution in [1.82, 2.24) is 14.3 Å². The molecule has 8 nitrogen and oxygen atoms in total. The Hall–Kier alpha value is -3.68. The number of hydrogen-bond donors (Lipinski definition) is 1. The topological polar surface area (TPSA) is 103 Å². The summed E-state index contributed by atoms with van der Waals surface area (Å²) in [7, 11) is 0.